The summed E-state index contributed by atoms with van der Waals surface area (Å²) in [4.78, 5) is 6.71. The molecule has 2 rings (SSSR count). The Labute approximate surface area is 86.4 Å². The first-order valence-corrected chi connectivity index (χ1v) is 5.79. The monoisotopic (exact) mass is 195 g/mol. The predicted molar refractivity (Wildman–Crippen MR) is 59.2 cm³/mol. The van der Waals surface area contributed by atoms with E-state index in [1.54, 1.807) is 0 Å². The first-order chi connectivity index (χ1) is 6.72. The van der Waals surface area contributed by atoms with Gasteiger partial charge < -0.3 is 10.6 Å². The third-order valence-corrected chi connectivity index (χ3v) is 3.59. The highest BCUT2D eigenvalue weighted by Crippen LogP contribution is 2.32. The fraction of sp³-hybridized carbons (Fsp3) is 0.909. The van der Waals surface area contributed by atoms with Gasteiger partial charge in [-0.3, -0.25) is 4.99 Å². The number of guanidine groups is 1. The molecule has 3 nitrogen and oxygen atoms in total. The maximum atomic E-state index is 5.91. The summed E-state index contributed by atoms with van der Waals surface area (Å²) in [6, 6.07) is 0.570. The molecule has 1 fully saturated rings. The zero-order valence-corrected chi connectivity index (χ0v) is 9.24. The van der Waals surface area contributed by atoms with E-state index in [-0.39, 0.29) is 0 Å². The molecule has 1 saturated carbocycles. The molecular weight excluding hydrogens is 174 g/mol. The summed E-state index contributed by atoms with van der Waals surface area (Å²) < 4.78 is 0. The van der Waals surface area contributed by atoms with Crippen LogP contribution in [0.3, 0.4) is 0 Å². The molecule has 0 amide bonds. The Morgan fingerprint density at radius 3 is 2.86 bits per heavy atom. The average Bonchev–Trinajstić information content (AvgIpc) is 2.92. The van der Waals surface area contributed by atoms with E-state index in [2.05, 4.69) is 23.7 Å². The normalized spacial score (nSPS) is 29.1. The molecule has 0 aromatic carbocycles. The van der Waals surface area contributed by atoms with Crippen LogP contribution in [0.1, 0.15) is 33.1 Å². The van der Waals surface area contributed by atoms with Crippen molar-refractivity contribution < 1.29 is 0 Å². The van der Waals surface area contributed by atoms with E-state index in [1.165, 1.54) is 19.3 Å². The molecule has 14 heavy (non-hydrogen) atoms. The van der Waals surface area contributed by atoms with Crippen LogP contribution in [0.4, 0.5) is 0 Å². The van der Waals surface area contributed by atoms with Gasteiger partial charge in [0.15, 0.2) is 5.96 Å². The van der Waals surface area contributed by atoms with Gasteiger partial charge in [-0.1, -0.05) is 20.3 Å². The number of aliphatic imine (C=N–C) groups is 1. The molecule has 0 bridgehead atoms. The molecule has 0 aromatic heterocycles. The molecule has 1 aliphatic heterocycles. The summed E-state index contributed by atoms with van der Waals surface area (Å²) in [5.74, 6) is 2.38. The van der Waals surface area contributed by atoms with Crippen LogP contribution in [0.2, 0.25) is 0 Å². The largest absolute Gasteiger partial charge is 0.370 e. The molecule has 2 atom stereocenters. The lowest BCUT2D eigenvalue weighted by Crippen LogP contribution is -2.44. The van der Waals surface area contributed by atoms with Crippen LogP contribution < -0.4 is 5.73 Å². The Bertz CT molecular complexity index is 233. The van der Waals surface area contributed by atoms with Gasteiger partial charge in [-0.15, -0.1) is 0 Å². The molecule has 2 unspecified atom stereocenters. The van der Waals surface area contributed by atoms with Gasteiger partial charge in [0.1, 0.15) is 0 Å². The minimum atomic E-state index is 0.570. The Hall–Kier alpha value is -0.730. The standard InChI is InChI=1S/C11H21N3/c1-3-8(2)10-6-13-11(12)14(10)7-9-4-5-9/h8-10H,3-7H2,1-2H3,(H2,12,13). The van der Waals surface area contributed by atoms with Gasteiger partial charge in [-0.05, 0) is 24.7 Å². The molecule has 0 radical (unpaired) electrons. The predicted octanol–water partition coefficient (Wildman–Crippen LogP) is 1.44. The highest BCUT2D eigenvalue weighted by Gasteiger charge is 2.34. The Morgan fingerprint density at radius 1 is 1.57 bits per heavy atom. The minimum absolute atomic E-state index is 0.570. The van der Waals surface area contributed by atoms with Gasteiger partial charge in [0.05, 0.1) is 12.6 Å². The zero-order chi connectivity index (χ0) is 10.1. The number of nitrogens with zero attached hydrogens (tertiary/aromatic N) is 2. The van der Waals surface area contributed by atoms with E-state index in [0.29, 0.717) is 12.0 Å². The summed E-state index contributed by atoms with van der Waals surface area (Å²) >= 11 is 0. The van der Waals surface area contributed by atoms with E-state index in [0.717, 1.165) is 25.0 Å². The van der Waals surface area contributed by atoms with Crippen LogP contribution in [0.25, 0.3) is 0 Å². The van der Waals surface area contributed by atoms with Crippen molar-refractivity contribution in [2.75, 3.05) is 13.1 Å². The van der Waals surface area contributed by atoms with Gasteiger partial charge in [-0.2, -0.15) is 0 Å². The van der Waals surface area contributed by atoms with Crippen molar-refractivity contribution in [3.05, 3.63) is 0 Å². The maximum absolute atomic E-state index is 5.91. The van der Waals surface area contributed by atoms with Gasteiger partial charge in [0.25, 0.3) is 0 Å². The van der Waals surface area contributed by atoms with E-state index in [1.807, 2.05) is 0 Å². The van der Waals surface area contributed by atoms with Crippen LogP contribution in [0, 0.1) is 11.8 Å². The molecule has 3 heteroatoms. The molecule has 0 aromatic rings. The Balaban J connectivity index is 1.96. The molecular formula is C11H21N3. The van der Waals surface area contributed by atoms with E-state index >= 15 is 0 Å². The average molecular weight is 195 g/mol. The second kappa shape index (κ2) is 3.79. The SMILES string of the molecule is CCC(C)C1CN=C(N)N1CC1CC1. The van der Waals surface area contributed by atoms with Crippen molar-refractivity contribution in [2.24, 2.45) is 22.6 Å². The topological polar surface area (TPSA) is 41.6 Å². The van der Waals surface area contributed by atoms with E-state index in [9.17, 15) is 0 Å². The van der Waals surface area contributed by atoms with Gasteiger partial charge >= 0.3 is 0 Å². The number of rotatable bonds is 4. The lowest BCUT2D eigenvalue weighted by atomic mass is 9.98. The van der Waals surface area contributed by atoms with Crippen LogP contribution in [-0.4, -0.2) is 30.0 Å². The molecule has 1 heterocycles. The second-order valence-electron chi connectivity index (χ2n) is 4.75. The highest BCUT2D eigenvalue weighted by molar-refractivity contribution is 5.80. The first kappa shape index (κ1) is 9.81. The van der Waals surface area contributed by atoms with Crippen LogP contribution in [-0.2, 0) is 0 Å². The quantitative estimate of drug-likeness (QED) is 0.737. The number of hydrogen-bond acceptors (Lipinski definition) is 3. The highest BCUT2D eigenvalue weighted by atomic mass is 15.3. The van der Waals surface area contributed by atoms with Crippen LogP contribution in [0.15, 0.2) is 4.99 Å². The summed E-state index contributed by atoms with van der Waals surface area (Å²) in [7, 11) is 0. The molecule has 2 aliphatic rings. The van der Waals surface area contributed by atoms with Crippen molar-refractivity contribution in [1.29, 1.82) is 0 Å². The molecule has 2 N–H and O–H groups in total. The molecule has 80 valence electrons. The van der Waals surface area contributed by atoms with Crippen molar-refractivity contribution in [3.63, 3.8) is 0 Å². The van der Waals surface area contributed by atoms with Crippen molar-refractivity contribution in [1.82, 2.24) is 4.90 Å². The van der Waals surface area contributed by atoms with Crippen molar-refractivity contribution in [3.8, 4) is 0 Å². The Morgan fingerprint density at radius 2 is 2.29 bits per heavy atom. The number of hydrogen-bond donors (Lipinski definition) is 1. The first-order valence-electron chi connectivity index (χ1n) is 5.79. The summed E-state index contributed by atoms with van der Waals surface area (Å²) in [5.41, 5.74) is 5.91. The summed E-state index contributed by atoms with van der Waals surface area (Å²) in [6.45, 7) is 6.60. The smallest absolute Gasteiger partial charge is 0.191 e. The van der Waals surface area contributed by atoms with E-state index < -0.39 is 0 Å². The fourth-order valence-electron chi connectivity index (χ4n) is 2.11. The van der Waals surface area contributed by atoms with Crippen LogP contribution in [0.5, 0.6) is 0 Å². The van der Waals surface area contributed by atoms with Crippen molar-refractivity contribution >= 4 is 5.96 Å². The third-order valence-electron chi connectivity index (χ3n) is 3.59. The fourth-order valence-corrected chi connectivity index (χ4v) is 2.11. The lowest BCUT2D eigenvalue weighted by Gasteiger charge is -2.30. The van der Waals surface area contributed by atoms with Gasteiger partial charge in [0.2, 0.25) is 0 Å². The Kier molecular flexibility index (Phi) is 2.66. The van der Waals surface area contributed by atoms with Crippen LogP contribution >= 0.6 is 0 Å². The third kappa shape index (κ3) is 1.86. The second-order valence-corrected chi connectivity index (χ2v) is 4.75. The van der Waals surface area contributed by atoms with Gasteiger partial charge in [-0.25, -0.2) is 0 Å². The van der Waals surface area contributed by atoms with Gasteiger partial charge in [0, 0.05) is 6.54 Å². The van der Waals surface area contributed by atoms with E-state index in [4.69, 9.17) is 5.73 Å². The number of nitrogens with two attached hydrogens (primary N) is 1. The summed E-state index contributed by atoms with van der Waals surface area (Å²) in [5, 5.41) is 0. The lowest BCUT2D eigenvalue weighted by molar-refractivity contribution is 0.249. The molecule has 0 spiro atoms. The molecule has 1 aliphatic carbocycles. The summed E-state index contributed by atoms with van der Waals surface area (Å²) in [6.07, 6.45) is 3.99. The maximum Gasteiger partial charge on any atom is 0.191 e. The zero-order valence-electron chi connectivity index (χ0n) is 9.24. The molecule has 0 saturated heterocycles. The minimum Gasteiger partial charge on any atom is -0.370 e. The van der Waals surface area contributed by atoms with Crippen molar-refractivity contribution in [2.45, 2.75) is 39.2 Å².